The highest BCUT2D eigenvalue weighted by Gasteiger charge is 2.31. The van der Waals surface area contributed by atoms with E-state index in [9.17, 15) is 0 Å². The molecular weight excluding hydrogens is 262 g/mol. The van der Waals surface area contributed by atoms with Crippen molar-refractivity contribution in [3.63, 3.8) is 0 Å². The van der Waals surface area contributed by atoms with E-state index in [0.29, 0.717) is 6.10 Å². The molecule has 4 heteroatoms. The Morgan fingerprint density at radius 1 is 0.905 bits per heavy atom. The van der Waals surface area contributed by atoms with Crippen molar-refractivity contribution in [2.45, 2.75) is 38.7 Å². The zero-order valence-electron chi connectivity index (χ0n) is 13.7. The third kappa shape index (κ3) is 4.65. The SMILES string of the molecule is CCO[C@H]1C[C@H](CN2CCN(CC3CCNCC3)CC2)C1. The molecule has 1 saturated carbocycles. The fourth-order valence-corrected chi connectivity index (χ4v) is 4.14. The van der Waals surface area contributed by atoms with Crippen LogP contribution in [-0.2, 0) is 4.74 Å². The van der Waals surface area contributed by atoms with Crippen molar-refractivity contribution in [2.24, 2.45) is 11.8 Å². The lowest BCUT2D eigenvalue weighted by molar-refractivity contribution is -0.0373. The van der Waals surface area contributed by atoms with Gasteiger partial charge in [-0.3, -0.25) is 0 Å². The monoisotopic (exact) mass is 295 g/mol. The average Bonchev–Trinajstić information content (AvgIpc) is 2.48. The number of ether oxygens (including phenoxy) is 1. The molecule has 0 amide bonds. The highest BCUT2D eigenvalue weighted by molar-refractivity contribution is 4.85. The molecule has 3 fully saturated rings. The van der Waals surface area contributed by atoms with Crippen molar-refractivity contribution in [1.82, 2.24) is 15.1 Å². The summed E-state index contributed by atoms with van der Waals surface area (Å²) < 4.78 is 5.67. The number of hydrogen-bond donors (Lipinski definition) is 1. The van der Waals surface area contributed by atoms with Gasteiger partial charge in [-0.1, -0.05) is 0 Å². The van der Waals surface area contributed by atoms with Gasteiger partial charge in [0.2, 0.25) is 0 Å². The van der Waals surface area contributed by atoms with E-state index < -0.39 is 0 Å². The molecule has 2 aliphatic heterocycles. The maximum Gasteiger partial charge on any atom is 0.0581 e. The molecule has 3 rings (SSSR count). The van der Waals surface area contributed by atoms with E-state index in [2.05, 4.69) is 22.0 Å². The summed E-state index contributed by atoms with van der Waals surface area (Å²) in [7, 11) is 0. The first-order valence-electron chi connectivity index (χ1n) is 9.10. The van der Waals surface area contributed by atoms with Crippen molar-refractivity contribution in [2.75, 3.05) is 59.0 Å². The van der Waals surface area contributed by atoms with Crippen LogP contribution in [-0.4, -0.2) is 74.9 Å². The number of nitrogens with one attached hydrogen (secondary N) is 1. The van der Waals surface area contributed by atoms with Crippen LogP contribution in [0.3, 0.4) is 0 Å². The minimum Gasteiger partial charge on any atom is -0.378 e. The predicted molar refractivity (Wildman–Crippen MR) is 86.6 cm³/mol. The predicted octanol–water partition coefficient (Wildman–Crippen LogP) is 1.42. The number of rotatable bonds is 6. The quantitative estimate of drug-likeness (QED) is 0.802. The van der Waals surface area contributed by atoms with Crippen LogP contribution in [0.15, 0.2) is 0 Å². The number of nitrogens with zero attached hydrogens (tertiary/aromatic N) is 2. The molecule has 2 heterocycles. The summed E-state index contributed by atoms with van der Waals surface area (Å²) in [5.74, 6) is 1.84. The van der Waals surface area contributed by atoms with E-state index in [0.717, 1.165) is 18.4 Å². The molecule has 0 atom stereocenters. The second-order valence-electron chi connectivity index (χ2n) is 7.21. The minimum atomic E-state index is 0.571. The van der Waals surface area contributed by atoms with Crippen molar-refractivity contribution < 1.29 is 4.74 Å². The van der Waals surface area contributed by atoms with Gasteiger partial charge in [-0.15, -0.1) is 0 Å². The third-order valence-corrected chi connectivity index (χ3v) is 5.55. The lowest BCUT2D eigenvalue weighted by Gasteiger charge is -2.42. The first kappa shape index (κ1) is 15.7. The standard InChI is InChI=1S/C17H33N3O/c1-2-21-17-11-16(12-17)14-20-9-7-19(8-10-20)13-15-3-5-18-6-4-15/h15-18H,2-14H2,1H3/t16-,17-. The van der Waals surface area contributed by atoms with Crippen molar-refractivity contribution >= 4 is 0 Å². The zero-order valence-corrected chi connectivity index (χ0v) is 13.7. The fourth-order valence-electron chi connectivity index (χ4n) is 4.14. The van der Waals surface area contributed by atoms with Crippen LogP contribution in [0.1, 0.15) is 32.6 Å². The van der Waals surface area contributed by atoms with Crippen molar-refractivity contribution in [3.8, 4) is 0 Å². The van der Waals surface area contributed by atoms with Gasteiger partial charge in [0.25, 0.3) is 0 Å². The maximum absolute atomic E-state index is 5.67. The summed E-state index contributed by atoms with van der Waals surface area (Å²) in [6.07, 6.45) is 5.91. The topological polar surface area (TPSA) is 27.7 Å². The molecule has 1 aliphatic carbocycles. The number of piperidine rings is 1. The minimum absolute atomic E-state index is 0.571. The molecule has 21 heavy (non-hydrogen) atoms. The largest absolute Gasteiger partial charge is 0.378 e. The average molecular weight is 295 g/mol. The van der Waals surface area contributed by atoms with Crippen LogP contribution in [0.25, 0.3) is 0 Å². The summed E-state index contributed by atoms with van der Waals surface area (Å²) in [4.78, 5) is 5.39. The molecule has 3 aliphatic rings. The maximum atomic E-state index is 5.67. The Morgan fingerprint density at radius 2 is 1.48 bits per heavy atom. The molecule has 0 aromatic heterocycles. The number of piperazine rings is 1. The van der Waals surface area contributed by atoms with Gasteiger partial charge in [-0.2, -0.15) is 0 Å². The first-order valence-corrected chi connectivity index (χ1v) is 9.10. The summed E-state index contributed by atoms with van der Waals surface area (Å²) in [5.41, 5.74) is 0. The summed E-state index contributed by atoms with van der Waals surface area (Å²) in [5, 5.41) is 3.47. The van der Waals surface area contributed by atoms with Crippen LogP contribution in [0.5, 0.6) is 0 Å². The van der Waals surface area contributed by atoms with E-state index in [1.54, 1.807) is 0 Å². The van der Waals surface area contributed by atoms with Crippen LogP contribution in [0, 0.1) is 11.8 Å². The molecule has 0 aromatic rings. The number of hydrogen-bond acceptors (Lipinski definition) is 4. The highest BCUT2D eigenvalue weighted by atomic mass is 16.5. The van der Waals surface area contributed by atoms with E-state index in [1.807, 2.05) is 0 Å². The van der Waals surface area contributed by atoms with Gasteiger partial charge < -0.3 is 19.9 Å². The third-order valence-electron chi connectivity index (χ3n) is 5.55. The van der Waals surface area contributed by atoms with Gasteiger partial charge in [-0.25, -0.2) is 0 Å². The molecule has 0 radical (unpaired) electrons. The van der Waals surface area contributed by atoms with Gasteiger partial charge in [0.15, 0.2) is 0 Å². The Hall–Kier alpha value is -0.160. The molecule has 0 aromatic carbocycles. The molecule has 0 spiro atoms. The molecule has 0 unspecified atom stereocenters. The Bertz CT molecular complexity index is 292. The van der Waals surface area contributed by atoms with E-state index in [-0.39, 0.29) is 0 Å². The second kappa shape index (κ2) is 7.91. The Kier molecular flexibility index (Phi) is 5.92. The smallest absolute Gasteiger partial charge is 0.0581 e. The Morgan fingerprint density at radius 3 is 2.05 bits per heavy atom. The van der Waals surface area contributed by atoms with Crippen LogP contribution >= 0.6 is 0 Å². The molecule has 1 N–H and O–H groups in total. The molecule has 2 saturated heterocycles. The lowest BCUT2D eigenvalue weighted by atomic mass is 9.82. The highest BCUT2D eigenvalue weighted by Crippen LogP contribution is 2.31. The Balaban J connectivity index is 1.28. The normalized spacial score (nSPS) is 33.0. The van der Waals surface area contributed by atoms with Gasteiger partial charge in [0, 0.05) is 45.9 Å². The van der Waals surface area contributed by atoms with Crippen molar-refractivity contribution in [1.29, 1.82) is 0 Å². The van der Waals surface area contributed by atoms with E-state index in [1.165, 1.54) is 78.0 Å². The van der Waals surface area contributed by atoms with E-state index in [4.69, 9.17) is 4.74 Å². The van der Waals surface area contributed by atoms with Crippen LogP contribution in [0.4, 0.5) is 0 Å². The molecule has 122 valence electrons. The Labute approximate surface area is 130 Å². The molecular formula is C17H33N3O. The second-order valence-corrected chi connectivity index (χ2v) is 7.21. The van der Waals surface area contributed by atoms with Gasteiger partial charge in [0.1, 0.15) is 0 Å². The molecule has 0 bridgehead atoms. The fraction of sp³-hybridized carbons (Fsp3) is 1.00. The van der Waals surface area contributed by atoms with Crippen molar-refractivity contribution in [3.05, 3.63) is 0 Å². The van der Waals surface area contributed by atoms with Gasteiger partial charge in [0.05, 0.1) is 6.10 Å². The first-order chi connectivity index (χ1) is 10.3. The zero-order chi connectivity index (χ0) is 14.5. The summed E-state index contributed by atoms with van der Waals surface area (Å²) >= 11 is 0. The lowest BCUT2D eigenvalue weighted by Crippen LogP contribution is -2.51. The van der Waals surface area contributed by atoms with E-state index >= 15 is 0 Å². The molecule has 4 nitrogen and oxygen atoms in total. The van der Waals surface area contributed by atoms with Gasteiger partial charge >= 0.3 is 0 Å². The van der Waals surface area contributed by atoms with Crippen LogP contribution in [0.2, 0.25) is 0 Å². The van der Waals surface area contributed by atoms with Crippen LogP contribution < -0.4 is 5.32 Å². The van der Waals surface area contributed by atoms with Gasteiger partial charge in [-0.05, 0) is 57.5 Å². The summed E-state index contributed by atoms with van der Waals surface area (Å²) in [6, 6.07) is 0. The summed E-state index contributed by atoms with van der Waals surface area (Å²) in [6.45, 7) is 13.2.